The molecule has 0 aromatic heterocycles. The van der Waals surface area contributed by atoms with Crippen LogP contribution in [0.4, 0.5) is 17.1 Å². The average molecular weight is 322 g/mol. The quantitative estimate of drug-likeness (QED) is 0.402. The summed E-state index contributed by atoms with van der Waals surface area (Å²) in [4.78, 5) is 4.70. The second-order valence-electron chi connectivity index (χ2n) is 5.13. The lowest BCUT2D eigenvalue weighted by atomic mass is 10.2. The second kappa shape index (κ2) is 9.97. The Morgan fingerprint density at radius 3 is 2.46 bits per heavy atom. The van der Waals surface area contributed by atoms with Crippen molar-refractivity contribution in [2.45, 2.75) is 6.92 Å². The van der Waals surface area contributed by atoms with Crippen molar-refractivity contribution in [3.63, 3.8) is 0 Å². The Kier molecular flexibility index (Phi) is 7.24. The molecule has 0 unspecified atom stereocenters. The minimum Gasteiger partial charge on any atom is -0.356 e. The molecule has 0 spiro atoms. The predicted octanol–water partition coefficient (Wildman–Crippen LogP) is 5.12. The molecule has 124 valence electrons. The molecule has 2 rings (SSSR count). The number of nitrogens with one attached hydrogen (secondary N) is 2. The summed E-state index contributed by atoms with van der Waals surface area (Å²) in [5.41, 5.74) is 6.64. The Morgan fingerprint density at radius 1 is 1.04 bits per heavy atom. The molecule has 5 heteroatoms. The minimum atomic E-state index is 0.557. The van der Waals surface area contributed by atoms with Gasteiger partial charge in [0.25, 0.3) is 0 Å². The summed E-state index contributed by atoms with van der Waals surface area (Å²) in [7, 11) is 1.57. The first-order valence-corrected chi connectivity index (χ1v) is 7.68. The third-order valence-electron chi connectivity index (χ3n) is 3.10. The van der Waals surface area contributed by atoms with Gasteiger partial charge in [-0.25, -0.2) is 0 Å². The summed E-state index contributed by atoms with van der Waals surface area (Å²) in [5, 5.41) is 11.8. The van der Waals surface area contributed by atoms with E-state index in [-0.39, 0.29) is 0 Å². The highest BCUT2D eigenvalue weighted by Gasteiger charge is 1.94. The van der Waals surface area contributed by atoms with Crippen molar-refractivity contribution in [3.05, 3.63) is 78.5 Å². The van der Waals surface area contributed by atoms with E-state index in [1.165, 1.54) is 0 Å². The van der Waals surface area contributed by atoms with Crippen LogP contribution in [0, 0.1) is 0 Å². The van der Waals surface area contributed by atoms with Crippen molar-refractivity contribution in [1.82, 2.24) is 5.48 Å². The molecule has 0 heterocycles. The van der Waals surface area contributed by atoms with E-state index in [1.807, 2.05) is 73.7 Å². The molecule has 0 amide bonds. The first-order chi connectivity index (χ1) is 11.8. The zero-order valence-corrected chi connectivity index (χ0v) is 13.9. The molecule has 0 aliphatic heterocycles. The first kappa shape index (κ1) is 17.4. The molecule has 2 aromatic carbocycles. The maximum atomic E-state index is 4.70. The van der Waals surface area contributed by atoms with Gasteiger partial charge in [0, 0.05) is 17.6 Å². The normalized spacial score (nSPS) is 12.0. The molecule has 0 saturated carbocycles. The number of rotatable bonds is 8. The summed E-state index contributed by atoms with van der Waals surface area (Å²) in [6, 6.07) is 17.9. The van der Waals surface area contributed by atoms with Crippen LogP contribution in [0.1, 0.15) is 6.92 Å². The van der Waals surface area contributed by atoms with Crippen LogP contribution in [0.5, 0.6) is 0 Å². The second-order valence-corrected chi connectivity index (χ2v) is 5.13. The van der Waals surface area contributed by atoms with Crippen molar-refractivity contribution in [3.8, 4) is 0 Å². The Labute approximate surface area is 142 Å². The summed E-state index contributed by atoms with van der Waals surface area (Å²) in [6.07, 6.45) is 5.52. The highest BCUT2D eigenvalue weighted by molar-refractivity contribution is 5.61. The molecule has 0 saturated heterocycles. The van der Waals surface area contributed by atoms with Crippen LogP contribution >= 0.6 is 0 Å². The molecule has 0 radical (unpaired) electrons. The van der Waals surface area contributed by atoms with Crippen LogP contribution in [0.25, 0.3) is 0 Å². The predicted molar refractivity (Wildman–Crippen MR) is 98.6 cm³/mol. The van der Waals surface area contributed by atoms with E-state index in [0.29, 0.717) is 6.54 Å². The van der Waals surface area contributed by atoms with Crippen LogP contribution < -0.4 is 10.8 Å². The number of azo groups is 1. The number of allylic oxidation sites excluding steroid dienone is 2. The molecule has 0 atom stereocenters. The van der Waals surface area contributed by atoms with E-state index >= 15 is 0 Å². The zero-order valence-electron chi connectivity index (χ0n) is 13.9. The standard InChI is InChI=1S/C19H22N4O/c1-16(7-6-14-21-24-2)15-20-23-19-12-10-18(11-13-19)22-17-8-4-3-5-9-17/h3-14,21-22H,15H2,1-2H3/b14-6-,16-7-,23-20?. The fraction of sp³-hybridized carbons (Fsp3) is 0.158. The fourth-order valence-electron chi connectivity index (χ4n) is 1.90. The van der Waals surface area contributed by atoms with Gasteiger partial charge in [-0.1, -0.05) is 29.8 Å². The molecule has 5 nitrogen and oxygen atoms in total. The van der Waals surface area contributed by atoms with Crippen molar-refractivity contribution in [2.75, 3.05) is 19.0 Å². The third-order valence-corrected chi connectivity index (χ3v) is 3.10. The van der Waals surface area contributed by atoms with Crippen LogP contribution in [-0.4, -0.2) is 13.7 Å². The molecule has 0 aliphatic rings. The van der Waals surface area contributed by atoms with Crippen LogP contribution in [0.2, 0.25) is 0 Å². The molecule has 2 aromatic rings. The highest BCUT2D eigenvalue weighted by atomic mass is 16.6. The molecular formula is C19H22N4O. The minimum absolute atomic E-state index is 0.557. The van der Waals surface area contributed by atoms with Gasteiger partial charge in [-0.05, 0) is 49.4 Å². The van der Waals surface area contributed by atoms with Crippen molar-refractivity contribution in [1.29, 1.82) is 0 Å². The maximum absolute atomic E-state index is 4.70. The Balaban J connectivity index is 1.85. The molecular weight excluding hydrogens is 300 g/mol. The average Bonchev–Trinajstić information content (AvgIpc) is 2.61. The number of hydrogen-bond donors (Lipinski definition) is 2. The van der Waals surface area contributed by atoms with Crippen LogP contribution in [0.3, 0.4) is 0 Å². The molecule has 2 N–H and O–H groups in total. The fourth-order valence-corrected chi connectivity index (χ4v) is 1.90. The summed E-state index contributed by atoms with van der Waals surface area (Å²) < 4.78 is 0. The molecule has 24 heavy (non-hydrogen) atoms. The number of benzene rings is 2. The lowest BCUT2D eigenvalue weighted by molar-refractivity contribution is 0.128. The maximum Gasteiger partial charge on any atom is 0.0854 e. The summed E-state index contributed by atoms with van der Waals surface area (Å²) in [6.45, 7) is 2.56. The van der Waals surface area contributed by atoms with Crippen LogP contribution in [0.15, 0.2) is 88.8 Å². The van der Waals surface area contributed by atoms with Gasteiger partial charge in [-0.15, -0.1) is 0 Å². The summed E-state index contributed by atoms with van der Waals surface area (Å²) in [5.74, 6) is 0. The van der Waals surface area contributed by atoms with Gasteiger partial charge in [0.05, 0.1) is 19.3 Å². The SMILES string of the molecule is CON/C=C\C=C(\C)CN=Nc1ccc(Nc2ccccc2)cc1. The largest absolute Gasteiger partial charge is 0.356 e. The van der Waals surface area contributed by atoms with Crippen molar-refractivity contribution < 1.29 is 4.84 Å². The van der Waals surface area contributed by atoms with Gasteiger partial charge >= 0.3 is 0 Å². The number of nitrogens with zero attached hydrogens (tertiary/aromatic N) is 2. The van der Waals surface area contributed by atoms with E-state index in [4.69, 9.17) is 4.84 Å². The first-order valence-electron chi connectivity index (χ1n) is 7.68. The number of para-hydroxylation sites is 1. The molecule has 0 aliphatic carbocycles. The Hall–Kier alpha value is -2.92. The molecule has 0 bridgehead atoms. The van der Waals surface area contributed by atoms with Gasteiger partial charge < -0.3 is 5.32 Å². The highest BCUT2D eigenvalue weighted by Crippen LogP contribution is 2.20. The molecule has 0 fully saturated rings. The van der Waals surface area contributed by atoms with Gasteiger partial charge in [-0.3, -0.25) is 10.3 Å². The number of hydrogen-bond acceptors (Lipinski definition) is 5. The zero-order chi connectivity index (χ0) is 17.0. The summed E-state index contributed by atoms with van der Waals surface area (Å²) >= 11 is 0. The van der Waals surface area contributed by atoms with E-state index < -0.39 is 0 Å². The Morgan fingerprint density at radius 2 is 1.75 bits per heavy atom. The number of hydroxylamine groups is 1. The number of anilines is 2. The van der Waals surface area contributed by atoms with Gasteiger partial charge in [0.1, 0.15) is 0 Å². The van der Waals surface area contributed by atoms with Crippen molar-refractivity contribution in [2.24, 2.45) is 10.2 Å². The van der Waals surface area contributed by atoms with E-state index in [1.54, 1.807) is 13.3 Å². The van der Waals surface area contributed by atoms with E-state index in [0.717, 1.165) is 22.6 Å². The lowest BCUT2D eigenvalue weighted by Crippen LogP contribution is -1.99. The van der Waals surface area contributed by atoms with Crippen LogP contribution in [-0.2, 0) is 4.84 Å². The van der Waals surface area contributed by atoms with E-state index in [9.17, 15) is 0 Å². The lowest BCUT2D eigenvalue weighted by Gasteiger charge is -2.05. The Bertz CT molecular complexity index is 691. The monoisotopic (exact) mass is 322 g/mol. The van der Waals surface area contributed by atoms with Gasteiger partial charge in [0.15, 0.2) is 0 Å². The van der Waals surface area contributed by atoms with Gasteiger partial charge in [0.2, 0.25) is 0 Å². The van der Waals surface area contributed by atoms with E-state index in [2.05, 4.69) is 21.0 Å². The van der Waals surface area contributed by atoms with Crippen molar-refractivity contribution >= 4 is 17.1 Å². The smallest absolute Gasteiger partial charge is 0.0854 e. The third kappa shape index (κ3) is 6.46. The topological polar surface area (TPSA) is 58.0 Å². The van der Waals surface area contributed by atoms with Gasteiger partial charge in [-0.2, -0.15) is 10.2 Å².